The van der Waals surface area contributed by atoms with Gasteiger partial charge in [-0.1, -0.05) is 32.0 Å². The summed E-state index contributed by atoms with van der Waals surface area (Å²) in [4.78, 5) is 40.2. The maximum absolute atomic E-state index is 13.5. The summed E-state index contributed by atoms with van der Waals surface area (Å²) in [5, 5.41) is 8.66. The highest BCUT2D eigenvalue weighted by molar-refractivity contribution is 6.01. The third-order valence-electron chi connectivity index (χ3n) is 6.44. The zero-order chi connectivity index (χ0) is 22.8. The molecule has 8 nitrogen and oxygen atoms in total. The van der Waals surface area contributed by atoms with Gasteiger partial charge in [0.2, 0.25) is 5.91 Å². The van der Waals surface area contributed by atoms with Crippen molar-refractivity contribution in [2.75, 3.05) is 16.8 Å². The van der Waals surface area contributed by atoms with Crippen molar-refractivity contribution in [1.29, 1.82) is 0 Å². The van der Waals surface area contributed by atoms with E-state index in [1.165, 1.54) is 0 Å². The molecule has 0 spiro atoms. The average molecular weight is 437 g/mol. The molecule has 3 heterocycles. The van der Waals surface area contributed by atoms with E-state index in [0.717, 1.165) is 11.4 Å². The van der Waals surface area contributed by atoms with Gasteiger partial charge in [0.05, 0.1) is 12.7 Å². The number of carbonyl (C=O) groups is 3. The van der Waals surface area contributed by atoms with Crippen molar-refractivity contribution < 1.29 is 19.0 Å². The summed E-state index contributed by atoms with van der Waals surface area (Å²) < 4.78 is 2.06. The van der Waals surface area contributed by atoms with Crippen molar-refractivity contribution in [1.82, 2.24) is 10.6 Å². The lowest BCUT2D eigenvalue weighted by molar-refractivity contribution is -0.711. The summed E-state index contributed by atoms with van der Waals surface area (Å²) in [7, 11) is 0. The fourth-order valence-electron chi connectivity index (χ4n) is 4.38. The molecule has 0 bridgehead atoms. The van der Waals surface area contributed by atoms with Crippen molar-refractivity contribution in [2.24, 2.45) is 5.92 Å². The topological polar surface area (TPSA) is 94.4 Å². The number of carbonyl (C=O) groups excluding carboxylic acids is 3. The predicted molar refractivity (Wildman–Crippen MR) is 121 cm³/mol. The van der Waals surface area contributed by atoms with Crippen LogP contribution < -0.4 is 25.4 Å². The van der Waals surface area contributed by atoms with Crippen LogP contribution in [0.15, 0.2) is 48.7 Å². The van der Waals surface area contributed by atoms with Crippen LogP contribution in [-0.4, -0.2) is 36.5 Å². The molecule has 0 aliphatic carbocycles. The molecule has 0 saturated heterocycles. The number of hydrogen-bond donors (Lipinski definition) is 3. The second kappa shape index (κ2) is 8.98. The lowest BCUT2D eigenvalue weighted by atomic mass is 10.0. The van der Waals surface area contributed by atoms with E-state index in [4.69, 9.17) is 0 Å². The summed E-state index contributed by atoms with van der Waals surface area (Å²) in [5.41, 5.74) is 1.77. The molecular formula is C24H30N5O3+. The monoisotopic (exact) mass is 436 g/mol. The molecule has 4 atom stereocenters. The van der Waals surface area contributed by atoms with Crippen LogP contribution >= 0.6 is 0 Å². The highest BCUT2D eigenvalue weighted by Gasteiger charge is 2.53. The fourth-order valence-corrected chi connectivity index (χ4v) is 4.38. The number of rotatable bonds is 6. The van der Waals surface area contributed by atoms with Crippen molar-refractivity contribution in [3.8, 4) is 0 Å². The molecule has 2 aromatic rings. The van der Waals surface area contributed by atoms with Crippen LogP contribution in [0.3, 0.4) is 0 Å². The van der Waals surface area contributed by atoms with Crippen molar-refractivity contribution >= 4 is 29.4 Å². The predicted octanol–water partition coefficient (Wildman–Crippen LogP) is 2.16. The highest BCUT2D eigenvalue weighted by atomic mass is 16.2. The molecule has 0 radical (unpaired) electrons. The Morgan fingerprint density at radius 2 is 1.94 bits per heavy atom. The fraction of sp³-hybridized carbons (Fsp3) is 0.417. The van der Waals surface area contributed by atoms with Crippen LogP contribution in [0.5, 0.6) is 0 Å². The van der Waals surface area contributed by atoms with E-state index in [1.54, 1.807) is 4.90 Å². The molecular weight excluding hydrogens is 406 g/mol. The van der Waals surface area contributed by atoms with Crippen LogP contribution in [0, 0.1) is 5.92 Å². The number of benzene rings is 1. The summed E-state index contributed by atoms with van der Waals surface area (Å²) in [6.45, 7) is 6.07. The number of pyridine rings is 1. The number of urea groups is 1. The Balaban J connectivity index is 1.51. The molecule has 1 aromatic carbocycles. The first kappa shape index (κ1) is 21.8. The van der Waals surface area contributed by atoms with Gasteiger partial charge in [-0.15, -0.1) is 0 Å². The Bertz CT molecular complexity index is 1030. The maximum Gasteiger partial charge on any atom is 0.336 e. The zero-order valence-electron chi connectivity index (χ0n) is 18.7. The van der Waals surface area contributed by atoms with Gasteiger partial charge in [0.15, 0.2) is 6.04 Å². The highest BCUT2D eigenvalue weighted by Crippen LogP contribution is 2.34. The molecule has 168 valence electrons. The number of amides is 4. The second-order valence-corrected chi connectivity index (χ2v) is 8.57. The Labute approximate surface area is 188 Å². The van der Waals surface area contributed by atoms with Crippen LogP contribution in [0.1, 0.15) is 38.8 Å². The quantitative estimate of drug-likeness (QED) is 0.606. The Hall–Kier alpha value is -3.42. The first-order chi connectivity index (χ1) is 15.4. The van der Waals surface area contributed by atoms with E-state index in [0.29, 0.717) is 25.1 Å². The number of hydrogen-bond acceptors (Lipinski definition) is 3. The Morgan fingerprint density at radius 1 is 1.19 bits per heavy atom. The van der Waals surface area contributed by atoms with Gasteiger partial charge < -0.3 is 16.0 Å². The first-order valence-corrected chi connectivity index (χ1v) is 11.2. The molecule has 4 amide bonds. The number of nitrogens with one attached hydrogen (secondary N) is 3. The smallest absolute Gasteiger partial charge is 0.336 e. The average Bonchev–Trinajstić information content (AvgIpc) is 3.18. The molecule has 2 aliphatic heterocycles. The van der Waals surface area contributed by atoms with Crippen LogP contribution in [0.4, 0.5) is 16.3 Å². The normalized spacial score (nSPS) is 22.2. The molecule has 1 unspecified atom stereocenters. The van der Waals surface area contributed by atoms with Crippen LogP contribution in [0.25, 0.3) is 0 Å². The molecule has 8 heteroatoms. The third-order valence-corrected chi connectivity index (χ3v) is 6.44. The minimum Gasteiger partial charge on any atom is -0.339 e. The molecule has 4 rings (SSSR count). The van der Waals surface area contributed by atoms with E-state index in [1.807, 2.05) is 69.4 Å². The van der Waals surface area contributed by atoms with Gasteiger partial charge in [-0.25, -0.2) is 14.2 Å². The van der Waals surface area contributed by atoms with Crippen LogP contribution in [0.2, 0.25) is 0 Å². The molecule has 0 saturated carbocycles. The zero-order valence-corrected chi connectivity index (χ0v) is 18.7. The minimum absolute atomic E-state index is 0.117. The van der Waals surface area contributed by atoms with Crippen molar-refractivity contribution in [2.45, 2.75) is 51.7 Å². The van der Waals surface area contributed by atoms with Gasteiger partial charge in [0, 0.05) is 23.6 Å². The lowest BCUT2D eigenvalue weighted by Gasteiger charge is -2.33. The largest absolute Gasteiger partial charge is 0.339 e. The summed E-state index contributed by atoms with van der Waals surface area (Å²) in [6, 6.07) is 11.8. The van der Waals surface area contributed by atoms with Gasteiger partial charge in [-0.2, -0.15) is 4.90 Å². The SMILES string of the molecule is CC[C@@H](C)C(=O)N[C@@H]1C(=O)N2c3c(ccc[n+]3C1C)C[C@H]2CNC(=O)Nc1ccccc1. The van der Waals surface area contributed by atoms with Crippen LogP contribution in [-0.2, 0) is 16.0 Å². The van der Waals surface area contributed by atoms with Gasteiger partial charge in [0.1, 0.15) is 12.1 Å². The minimum atomic E-state index is -0.650. The maximum atomic E-state index is 13.5. The van der Waals surface area contributed by atoms with Crippen molar-refractivity contribution in [3.05, 3.63) is 54.2 Å². The van der Waals surface area contributed by atoms with Gasteiger partial charge in [-0.05, 0) is 37.6 Å². The van der Waals surface area contributed by atoms with Crippen molar-refractivity contribution in [3.63, 3.8) is 0 Å². The third kappa shape index (κ3) is 4.04. The molecule has 3 N–H and O–H groups in total. The second-order valence-electron chi connectivity index (χ2n) is 8.57. The number of anilines is 2. The van der Waals surface area contributed by atoms with E-state index < -0.39 is 6.04 Å². The van der Waals surface area contributed by atoms with E-state index in [-0.39, 0.29) is 35.8 Å². The van der Waals surface area contributed by atoms with Gasteiger partial charge in [0.25, 0.3) is 5.82 Å². The summed E-state index contributed by atoms with van der Waals surface area (Å²) in [6.07, 6.45) is 3.30. The van der Waals surface area contributed by atoms with Gasteiger partial charge in [-0.3, -0.25) is 4.79 Å². The van der Waals surface area contributed by atoms with E-state index in [9.17, 15) is 14.4 Å². The molecule has 1 aromatic heterocycles. The summed E-state index contributed by atoms with van der Waals surface area (Å²) >= 11 is 0. The molecule has 32 heavy (non-hydrogen) atoms. The number of aromatic nitrogens is 1. The molecule has 2 aliphatic rings. The number of para-hydroxylation sites is 1. The lowest BCUT2D eigenvalue weighted by Crippen LogP contribution is -2.67. The number of nitrogens with zero attached hydrogens (tertiary/aromatic N) is 2. The van der Waals surface area contributed by atoms with Gasteiger partial charge >= 0.3 is 11.9 Å². The standard InChI is InChI=1S/C24H29N5O3/c1-4-15(2)21(30)27-20-16(3)28-12-8-9-17-13-19(29(22(17)28)23(20)31)14-25-24(32)26-18-10-6-5-7-11-18/h5-12,15-16,19-20H,4,13-14H2,1-3H3,(H2-,25,26,27,30,32)/p+1/t15-,16?,19+,20+/m1/s1. The van der Waals surface area contributed by atoms with E-state index in [2.05, 4.69) is 20.5 Å². The summed E-state index contributed by atoms with van der Waals surface area (Å²) in [5.74, 6) is 0.447. The Morgan fingerprint density at radius 3 is 2.66 bits per heavy atom. The first-order valence-electron chi connectivity index (χ1n) is 11.2. The molecule has 0 fully saturated rings. The van der Waals surface area contributed by atoms with E-state index >= 15 is 0 Å². The Kier molecular flexibility index (Phi) is 6.12.